The number of aromatic nitrogens is 2. The predicted octanol–water partition coefficient (Wildman–Crippen LogP) is 4.90. The number of hydrogen-bond donors (Lipinski definition) is 0. The van der Waals surface area contributed by atoms with E-state index in [1.807, 2.05) is 85.9 Å². The Hall–Kier alpha value is -3.20. The summed E-state index contributed by atoms with van der Waals surface area (Å²) in [6.07, 6.45) is 9.35. The smallest absolute Gasteiger partial charge is 0.206 e. The quantitative estimate of drug-likeness (QED) is 0.452. The maximum atomic E-state index is 13.3. The van der Waals surface area contributed by atoms with Gasteiger partial charge in [-0.1, -0.05) is 78.9 Å². The fraction of sp³-hybridized carbons (Fsp3) is 0.130. The molecule has 0 spiro atoms. The van der Waals surface area contributed by atoms with Crippen molar-refractivity contribution in [2.24, 2.45) is 13.0 Å². The predicted molar refractivity (Wildman–Crippen MR) is 106 cm³/mol. The first-order chi connectivity index (χ1) is 12.7. The van der Waals surface area contributed by atoms with Crippen LogP contribution in [0.25, 0.3) is 6.08 Å². The molecule has 1 heterocycles. The number of aryl methyl sites for hydroxylation is 1. The van der Waals surface area contributed by atoms with E-state index >= 15 is 0 Å². The van der Waals surface area contributed by atoms with E-state index in [0.29, 0.717) is 5.82 Å². The summed E-state index contributed by atoms with van der Waals surface area (Å²) in [5, 5.41) is 0. The van der Waals surface area contributed by atoms with Crippen LogP contribution in [0.4, 0.5) is 0 Å². The Balaban J connectivity index is 1.99. The lowest BCUT2D eigenvalue weighted by atomic mass is 9.82. The topological polar surface area (TPSA) is 34.9 Å². The summed E-state index contributed by atoms with van der Waals surface area (Å²) >= 11 is 0. The van der Waals surface area contributed by atoms with Crippen LogP contribution in [0.2, 0.25) is 0 Å². The van der Waals surface area contributed by atoms with Crippen molar-refractivity contribution in [1.82, 2.24) is 9.55 Å². The van der Waals surface area contributed by atoms with E-state index in [0.717, 1.165) is 11.1 Å². The molecule has 0 fully saturated rings. The first-order valence-electron chi connectivity index (χ1n) is 8.63. The van der Waals surface area contributed by atoms with Crippen LogP contribution in [0.3, 0.4) is 0 Å². The molecule has 0 unspecified atom stereocenters. The lowest BCUT2D eigenvalue weighted by Crippen LogP contribution is -2.22. The zero-order chi connectivity index (χ0) is 18.4. The van der Waals surface area contributed by atoms with Crippen LogP contribution in [-0.4, -0.2) is 15.3 Å². The molecule has 3 aromatic rings. The highest BCUT2D eigenvalue weighted by Gasteiger charge is 2.29. The molecular formula is C23H22N2O. The van der Waals surface area contributed by atoms with Gasteiger partial charge in [-0.05, 0) is 11.1 Å². The van der Waals surface area contributed by atoms with Crippen molar-refractivity contribution in [3.8, 4) is 0 Å². The Labute approximate surface area is 154 Å². The van der Waals surface area contributed by atoms with E-state index in [4.69, 9.17) is 0 Å². The molecule has 0 radical (unpaired) electrons. The third kappa shape index (κ3) is 3.89. The van der Waals surface area contributed by atoms with Crippen LogP contribution < -0.4 is 0 Å². The van der Waals surface area contributed by atoms with Crippen molar-refractivity contribution in [3.63, 3.8) is 0 Å². The van der Waals surface area contributed by atoms with Gasteiger partial charge in [-0.3, -0.25) is 4.79 Å². The maximum absolute atomic E-state index is 13.3. The minimum Gasteiger partial charge on any atom is -0.332 e. The standard InChI is InChI=1S/C23H22N2O/c1-3-19(15-14-18-10-6-4-7-11-18)21(20-12-8-5-9-13-20)22(26)23-24-16-17-25(23)2/h3-17,19,21H,1H2,2H3/b15-14+/t19-,21-/m1/s1. The van der Waals surface area contributed by atoms with Gasteiger partial charge in [-0.25, -0.2) is 4.98 Å². The van der Waals surface area contributed by atoms with Gasteiger partial charge in [-0.15, -0.1) is 6.58 Å². The summed E-state index contributed by atoms with van der Waals surface area (Å²) in [7, 11) is 1.84. The van der Waals surface area contributed by atoms with E-state index in [1.165, 1.54) is 0 Å². The van der Waals surface area contributed by atoms with Gasteiger partial charge in [0.1, 0.15) is 0 Å². The molecular weight excluding hydrogens is 320 g/mol. The number of carbonyl (C=O) groups is 1. The molecule has 2 aromatic carbocycles. The number of carbonyl (C=O) groups excluding carboxylic acids is 1. The molecule has 2 atom stereocenters. The number of hydrogen-bond acceptors (Lipinski definition) is 2. The van der Waals surface area contributed by atoms with Crippen molar-refractivity contribution >= 4 is 11.9 Å². The third-order valence-corrected chi connectivity index (χ3v) is 4.45. The van der Waals surface area contributed by atoms with Crippen LogP contribution in [0, 0.1) is 5.92 Å². The van der Waals surface area contributed by atoms with Gasteiger partial charge in [0.2, 0.25) is 5.78 Å². The Kier molecular flexibility index (Phi) is 5.59. The summed E-state index contributed by atoms with van der Waals surface area (Å²) in [5.41, 5.74) is 2.05. The Morgan fingerprint density at radius 3 is 2.31 bits per heavy atom. The lowest BCUT2D eigenvalue weighted by Gasteiger charge is -2.21. The molecule has 130 valence electrons. The summed E-state index contributed by atoms with van der Waals surface area (Å²) in [5.74, 6) is -0.0540. The number of rotatable bonds is 7. The van der Waals surface area contributed by atoms with Gasteiger partial charge in [-0.2, -0.15) is 0 Å². The number of nitrogens with zero attached hydrogens (tertiary/aromatic N) is 2. The van der Waals surface area contributed by atoms with Gasteiger partial charge < -0.3 is 4.57 Å². The van der Waals surface area contributed by atoms with Gasteiger partial charge in [0.05, 0.1) is 5.92 Å². The number of imidazole rings is 1. The zero-order valence-corrected chi connectivity index (χ0v) is 14.8. The van der Waals surface area contributed by atoms with E-state index in [-0.39, 0.29) is 17.6 Å². The highest BCUT2D eigenvalue weighted by molar-refractivity contribution is 5.98. The molecule has 0 saturated carbocycles. The lowest BCUT2D eigenvalue weighted by molar-refractivity contribution is 0.0935. The van der Waals surface area contributed by atoms with Crippen LogP contribution in [0.1, 0.15) is 27.7 Å². The molecule has 1 aromatic heterocycles. The first-order valence-corrected chi connectivity index (χ1v) is 8.63. The molecule has 3 rings (SSSR count). The average molecular weight is 342 g/mol. The van der Waals surface area contributed by atoms with Gasteiger partial charge in [0.15, 0.2) is 5.82 Å². The SMILES string of the molecule is C=C[C@H](/C=C/c1ccccc1)[C@@H](C(=O)c1nccn1C)c1ccccc1. The number of allylic oxidation sites excluding steroid dienone is 2. The molecule has 0 aliphatic heterocycles. The Bertz CT molecular complexity index is 894. The van der Waals surface area contributed by atoms with Crippen molar-refractivity contribution in [2.45, 2.75) is 5.92 Å². The third-order valence-electron chi connectivity index (χ3n) is 4.45. The monoisotopic (exact) mass is 342 g/mol. The fourth-order valence-electron chi connectivity index (χ4n) is 3.06. The summed E-state index contributed by atoms with van der Waals surface area (Å²) in [6.45, 7) is 3.98. The number of ketones is 1. The van der Waals surface area contributed by atoms with Gasteiger partial charge in [0.25, 0.3) is 0 Å². The minimum atomic E-state index is -0.366. The molecule has 3 nitrogen and oxygen atoms in total. The van der Waals surface area contributed by atoms with E-state index in [1.54, 1.807) is 17.0 Å². The van der Waals surface area contributed by atoms with Gasteiger partial charge in [0, 0.05) is 25.4 Å². The van der Waals surface area contributed by atoms with Crippen molar-refractivity contribution in [3.05, 3.63) is 109 Å². The molecule has 0 amide bonds. The van der Waals surface area contributed by atoms with Crippen molar-refractivity contribution < 1.29 is 4.79 Å². The van der Waals surface area contributed by atoms with Crippen LogP contribution in [0.15, 0.2) is 91.8 Å². The fourth-order valence-corrected chi connectivity index (χ4v) is 3.06. The molecule has 0 N–H and O–H groups in total. The highest BCUT2D eigenvalue weighted by Crippen LogP contribution is 2.30. The Morgan fingerprint density at radius 1 is 1.08 bits per heavy atom. The molecule has 26 heavy (non-hydrogen) atoms. The molecule has 0 bridgehead atoms. The highest BCUT2D eigenvalue weighted by atomic mass is 16.1. The summed E-state index contributed by atoms with van der Waals surface area (Å²) < 4.78 is 1.76. The minimum absolute atomic E-state index is 0.00804. The molecule has 0 aliphatic rings. The second-order valence-electron chi connectivity index (χ2n) is 6.20. The summed E-state index contributed by atoms with van der Waals surface area (Å²) in [4.78, 5) is 17.5. The molecule has 0 saturated heterocycles. The van der Waals surface area contributed by atoms with Crippen LogP contribution >= 0.6 is 0 Å². The Morgan fingerprint density at radius 2 is 1.73 bits per heavy atom. The second-order valence-corrected chi connectivity index (χ2v) is 6.20. The maximum Gasteiger partial charge on any atom is 0.206 e. The van der Waals surface area contributed by atoms with E-state index < -0.39 is 0 Å². The normalized spacial score (nSPS) is 13.4. The van der Waals surface area contributed by atoms with E-state index in [9.17, 15) is 4.79 Å². The molecule has 3 heteroatoms. The first kappa shape index (κ1) is 17.6. The van der Waals surface area contributed by atoms with Crippen LogP contribution in [-0.2, 0) is 7.05 Å². The second kappa shape index (κ2) is 8.26. The number of Topliss-reactive ketones (excluding diaryl/α,β-unsaturated/α-hetero) is 1. The number of benzene rings is 2. The van der Waals surface area contributed by atoms with Gasteiger partial charge >= 0.3 is 0 Å². The van der Waals surface area contributed by atoms with Crippen molar-refractivity contribution in [1.29, 1.82) is 0 Å². The van der Waals surface area contributed by atoms with Crippen molar-refractivity contribution in [2.75, 3.05) is 0 Å². The summed E-state index contributed by atoms with van der Waals surface area (Å²) in [6, 6.07) is 19.9. The largest absolute Gasteiger partial charge is 0.332 e. The average Bonchev–Trinajstić information content (AvgIpc) is 3.12. The van der Waals surface area contributed by atoms with E-state index in [2.05, 4.69) is 11.6 Å². The molecule has 0 aliphatic carbocycles. The zero-order valence-electron chi connectivity index (χ0n) is 14.8. The van der Waals surface area contributed by atoms with Crippen LogP contribution in [0.5, 0.6) is 0 Å².